The molecule has 1 aliphatic rings. The molecule has 0 aromatic heterocycles. The van der Waals surface area contributed by atoms with Gasteiger partial charge >= 0.3 is 0 Å². The van der Waals surface area contributed by atoms with Crippen molar-refractivity contribution in [2.24, 2.45) is 0 Å². The highest BCUT2D eigenvalue weighted by Gasteiger charge is 2.36. The molecule has 4 rings (SSSR count). The number of rotatable bonds is 2. The summed E-state index contributed by atoms with van der Waals surface area (Å²) in [6.45, 7) is 13.8. The van der Waals surface area contributed by atoms with Crippen molar-refractivity contribution in [3.63, 3.8) is 0 Å². The third-order valence-electron chi connectivity index (χ3n) is 5.83. The third kappa shape index (κ3) is 2.77. The molecule has 0 fully saturated rings. The Morgan fingerprint density at radius 2 is 1.37 bits per heavy atom. The summed E-state index contributed by atoms with van der Waals surface area (Å²) in [4.78, 5) is 2.47. The molecular formula is C26H29N. The molecule has 1 aliphatic carbocycles. The maximum atomic E-state index is 2.47. The lowest BCUT2D eigenvalue weighted by Gasteiger charge is -2.39. The van der Waals surface area contributed by atoms with Crippen LogP contribution in [-0.2, 0) is 5.41 Å². The average molecular weight is 356 g/mol. The van der Waals surface area contributed by atoms with Crippen molar-refractivity contribution in [3.05, 3.63) is 83.4 Å². The molecule has 27 heavy (non-hydrogen) atoms. The number of hydrogen-bond donors (Lipinski definition) is 0. The first-order valence-corrected chi connectivity index (χ1v) is 9.81. The SMILES string of the molecule is Cc1cc2c(cc1N(c1ccccc1)C(C)(C)C)-c1ccccc1C2(C)C. The minimum Gasteiger partial charge on any atom is -0.336 e. The van der Waals surface area contributed by atoms with E-state index in [1.165, 1.54) is 39.2 Å². The van der Waals surface area contributed by atoms with Crippen LogP contribution in [0.5, 0.6) is 0 Å². The smallest absolute Gasteiger partial charge is 0.0451 e. The molecule has 0 heterocycles. The van der Waals surface area contributed by atoms with Crippen LogP contribution in [0.25, 0.3) is 11.1 Å². The summed E-state index contributed by atoms with van der Waals surface area (Å²) in [7, 11) is 0. The lowest BCUT2D eigenvalue weighted by atomic mass is 9.82. The lowest BCUT2D eigenvalue weighted by molar-refractivity contribution is 0.559. The topological polar surface area (TPSA) is 3.24 Å². The zero-order valence-corrected chi connectivity index (χ0v) is 17.3. The molecule has 1 heteroatoms. The fourth-order valence-electron chi connectivity index (χ4n) is 4.55. The van der Waals surface area contributed by atoms with Crippen molar-refractivity contribution in [2.45, 2.75) is 52.5 Å². The van der Waals surface area contributed by atoms with Gasteiger partial charge in [0, 0.05) is 22.3 Å². The van der Waals surface area contributed by atoms with Crippen LogP contribution in [0.4, 0.5) is 11.4 Å². The van der Waals surface area contributed by atoms with Gasteiger partial charge in [-0.2, -0.15) is 0 Å². The van der Waals surface area contributed by atoms with Crippen LogP contribution in [-0.4, -0.2) is 5.54 Å². The summed E-state index contributed by atoms with van der Waals surface area (Å²) in [6.07, 6.45) is 0. The van der Waals surface area contributed by atoms with Gasteiger partial charge in [-0.05, 0) is 73.7 Å². The van der Waals surface area contributed by atoms with Crippen LogP contribution in [0.3, 0.4) is 0 Å². The predicted molar refractivity (Wildman–Crippen MR) is 117 cm³/mol. The fourth-order valence-corrected chi connectivity index (χ4v) is 4.55. The third-order valence-corrected chi connectivity index (χ3v) is 5.83. The van der Waals surface area contributed by atoms with Gasteiger partial charge in [0.1, 0.15) is 0 Å². The Bertz CT molecular complexity index is 990. The maximum Gasteiger partial charge on any atom is 0.0451 e. The van der Waals surface area contributed by atoms with E-state index in [9.17, 15) is 0 Å². The second-order valence-electron chi connectivity index (χ2n) is 9.20. The molecule has 0 radical (unpaired) electrons. The van der Waals surface area contributed by atoms with Crippen molar-refractivity contribution >= 4 is 11.4 Å². The van der Waals surface area contributed by atoms with Gasteiger partial charge in [-0.15, -0.1) is 0 Å². The van der Waals surface area contributed by atoms with E-state index in [-0.39, 0.29) is 11.0 Å². The Labute approximate surface area is 163 Å². The van der Waals surface area contributed by atoms with Gasteiger partial charge in [0.25, 0.3) is 0 Å². The van der Waals surface area contributed by atoms with E-state index in [1.54, 1.807) is 0 Å². The molecule has 0 amide bonds. The normalized spacial score (nSPS) is 14.6. The van der Waals surface area contributed by atoms with E-state index in [0.717, 1.165) is 0 Å². The molecule has 0 unspecified atom stereocenters. The Morgan fingerprint density at radius 3 is 2.04 bits per heavy atom. The summed E-state index contributed by atoms with van der Waals surface area (Å²) in [5.41, 5.74) is 9.50. The number of para-hydroxylation sites is 1. The van der Waals surface area contributed by atoms with Crippen molar-refractivity contribution < 1.29 is 0 Å². The average Bonchev–Trinajstić information content (AvgIpc) is 2.83. The summed E-state index contributed by atoms with van der Waals surface area (Å²) in [5.74, 6) is 0. The van der Waals surface area contributed by atoms with Gasteiger partial charge in [0.2, 0.25) is 0 Å². The first-order valence-electron chi connectivity index (χ1n) is 9.81. The molecule has 0 spiro atoms. The van der Waals surface area contributed by atoms with Crippen LogP contribution in [0.1, 0.15) is 51.3 Å². The molecule has 3 aromatic carbocycles. The quantitative estimate of drug-likeness (QED) is 0.468. The van der Waals surface area contributed by atoms with E-state index in [1.807, 2.05) is 0 Å². The number of hydrogen-bond acceptors (Lipinski definition) is 1. The molecule has 0 N–H and O–H groups in total. The van der Waals surface area contributed by atoms with Gasteiger partial charge in [0.05, 0.1) is 0 Å². The zero-order valence-electron chi connectivity index (χ0n) is 17.3. The number of benzene rings is 3. The lowest BCUT2D eigenvalue weighted by Crippen LogP contribution is -2.38. The molecular weight excluding hydrogens is 326 g/mol. The van der Waals surface area contributed by atoms with E-state index < -0.39 is 0 Å². The number of aryl methyl sites for hydroxylation is 1. The van der Waals surface area contributed by atoms with Crippen LogP contribution >= 0.6 is 0 Å². The Kier molecular flexibility index (Phi) is 3.96. The molecule has 0 saturated carbocycles. The molecule has 3 aromatic rings. The Balaban J connectivity index is 1.97. The molecule has 0 aliphatic heterocycles. The summed E-state index contributed by atoms with van der Waals surface area (Å²) < 4.78 is 0. The van der Waals surface area contributed by atoms with E-state index >= 15 is 0 Å². The van der Waals surface area contributed by atoms with E-state index in [4.69, 9.17) is 0 Å². The molecule has 0 bridgehead atoms. The number of fused-ring (bicyclic) bond motifs is 3. The van der Waals surface area contributed by atoms with Gasteiger partial charge < -0.3 is 4.90 Å². The van der Waals surface area contributed by atoms with Crippen LogP contribution < -0.4 is 4.90 Å². The predicted octanol–water partition coefficient (Wildman–Crippen LogP) is 7.24. The molecule has 138 valence electrons. The number of nitrogens with zero attached hydrogens (tertiary/aromatic N) is 1. The van der Waals surface area contributed by atoms with E-state index in [2.05, 4.69) is 113 Å². The van der Waals surface area contributed by atoms with Gasteiger partial charge in [0.15, 0.2) is 0 Å². The van der Waals surface area contributed by atoms with Gasteiger partial charge in [-0.1, -0.05) is 62.4 Å². The molecule has 0 atom stereocenters. The molecule has 0 saturated heterocycles. The van der Waals surface area contributed by atoms with Crippen LogP contribution in [0, 0.1) is 6.92 Å². The van der Waals surface area contributed by atoms with Crippen molar-refractivity contribution in [1.29, 1.82) is 0 Å². The molecule has 1 nitrogen and oxygen atoms in total. The zero-order chi connectivity index (χ0) is 19.4. The first kappa shape index (κ1) is 17.9. The van der Waals surface area contributed by atoms with Crippen molar-refractivity contribution in [1.82, 2.24) is 0 Å². The first-order chi connectivity index (χ1) is 12.7. The van der Waals surface area contributed by atoms with Crippen molar-refractivity contribution in [3.8, 4) is 11.1 Å². The van der Waals surface area contributed by atoms with Crippen molar-refractivity contribution in [2.75, 3.05) is 4.90 Å². The van der Waals surface area contributed by atoms with Crippen LogP contribution in [0.2, 0.25) is 0 Å². The van der Waals surface area contributed by atoms with E-state index in [0.29, 0.717) is 0 Å². The highest BCUT2D eigenvalue weighted by Crippen LogP contribution is 2.51. The minimum absolute atomic E-state index is 0.0199. The highest BCUT2D eigenvalue weighted by atomic mass is 15.2. The van der Waals surface area contributed by atoms with Crippen LogP contribution in [0.15, 0.2) is 66.7 Å². The fraction of sp³-hybridized carbons (Fsp3) is 0.308. The highest BCUT2D eigenvalue weighted by molar-refractivity contribution is 5.85. The summed E-state index contributed by atoms with van der Waals surface area (Å²) >= 11 is 0. The second-order valence-corrected chi connectivity index (χ2v) is 9.20. The second kappa shape index (κ2) is 5.99. The Morgan fingerprint density at radius 1 is 0.741 bits per heavy atom. The standard InChI is InChI=1S/C26H29N/c1-18-16-23-21(20-14-10-11-15-22(20)26(23,5)6)17-24(18)27(25(2,3)4)19-12-8-7-9-13-19/h7-17H,1-6H3. The van der Waals surface area contributed by atoms with Gasteiger partial charge in [-0.25, -0.2) is 0 Å². The number of anilines is 2. The summed E-state index contributed by atoms with van der Waals surface area (Å²) in [5, 5.41) is 0. The monoisotopic (exact) mass is 355 g/mol. The largest absolute Gasteiger partial charge is 0.336 e. The minimum atomic E-state index is -0.0199. The summed E-state index contributed by atoms with van der Waals surface area (Å²) in [6, 6.07) is 24.4. The maximum absolute atomic E-state index is 2.47. The Hall–Kier alpha value is -2.54. The van der Waals surface area contributed by atoms with Gasteiger partial charge in [-0.3, -0.25) is 0 Å².